The first kappa shape index (κ1) is 14.9. The third-order valence-electron chi connectivity index (χ3n) is 1.49. The topological polar surface area (TPSA) is 97.2 Å². The fourth-order valence-corrected chi connectivity index (χ4v) is 1.18. The standard InChI is InChI=1S/C9H14N2.HNO2/c1-8(2,6-10)5-9(3,4)7-11;2-1-3/h5H2,1-4H3;(H,2,3). The number of nitrogens with zero attached hydrogens (tertiary/aromatic N) is 3. The first-order valence-electron chi connectivity index (χ1n) is 4.04. The van der Waals surface area contributed by atoms with Crippen LogP contribution < -0.4 is 0 Å². The zero-order valence-electron chi connectivity index (χ0n) is 8.90. The lowest BCUT2D eigenvalue weighted by Gasteiger charge is -2.23. The van der Waals surface area contributed by atoms with Gasteiger partial charge in [-0.3, -0.25) is 0 Å². The maximum absolute atomic E-state index is 8.69. The second-order valence-corrected chi connectivity index (χ2v) is 4.25. The van der Waals surface area contributed by atoms with Crippen LogP contribution in [0.3, 0.4) is 0 Å². The predicted molar refractivity (Wildman–Crippen MR) is 51.0 cm³/mol. The van der Waals surface area contributed by atoms with Crippen molar-refractivity contribution < 1.29 is 5.21 Å². The van der Waals surface area contributed by atoms with Gasteiger partial charge in [-0.2, -0.15) is 10.5 Å². The maximum Gasteiger partial charge on any atom is 0.152 e. The molecule has 0 saturated heterocycles. The lowest BCUT2D eigenvalue weighted by Crippen LogP contribution is -2.20. The van der Waals surface area contributed by atoms with Crippen molar-refractivity contribution >= 4 is 0 Å². The summed E-state index contributed by atoms with van der Waals surface area (Å²) in [4.78, 5) is 8.11. The average molecular weight is 197 g/mol. The Labute approximate surface area is 83.9 Å². The molecule has 78 valence electrons. The first-order chi connectivity index (χ1) is 6.24. The Bertz CT molecular complexity index is 234. The van der Waals surface area contributed by atoms with E-state index in [0.717, 1.165) is 0 Å². The Kier molecular flexibility index (Phi) is 6.30. The van der Waals surface area contributed by atoms with Gasteiger partial charge >= 0.3 is 0 Å². The molecule has 0 rings (SSSR count). The van der Waals surface area contributed by atoms with E-state index in [1.165, 1.54) is 5.34 Å². The molecule has 1 N–H and O–H groups in total. The van der Waals surface area contributed by atoms with Crippen LogP contribution in [0.4, 0.5) is 0 Å². The molecule has 0 radical (unpaired) electrons. The third-order valence-corrected chi connectivity index (χ3v) is 1.49. The van der Waals surface area contributed by atoms with E-state index in [0.29, 0.717) is 6.42 Å². The highest BCUT2D eigenvalue weighted by molar-refractivity contribution is 5.01. The van der Waals surface area contributed by atoms with Crippen LogP contribution in [0.2, 0.25) is 0 Å². The normalized spacial score (nSPS) is 10.1. The number of rotatable bonds is 2. The Hall–Kier alpha value is -1.62. The Morgan fingerprint density at radius 3 is 1.50 bits per heavy atom. The summed E-state index contributed by atoms with van der Waals surface area (Å²) in [7, 11) is 0. The molecular weight excluding hydrogens is 182 g/mol. The monoisotopic (exact) mass is 197 g/mol. The van der Waals surface area contributed by atoms with Crippen molar-refractivity contribution in [3.63, 3.8) is 0 Å². The molecule has 5 heteroatoms. The fraction of sp³-hybridized carbons (Fsp3) is 0.778. The van der Waals surface area contributed by atoms with Gasteiger partial charge in [-0.25, -0.2) is 0 Å². The summed E-state index contributed by atoms with van der Waals surface area (Å²) in [5.41, 5.74) is -0.779. The van der Waals surface area contributed by atoms with Crippen molar-refractivity contribution in [2.24, 2.45) is 16.2 Å². The van der Waals surface area contributed by atoms with Gasteiger partial charge < -0.3 is 5.21 Å². The van der Waals surface area contributed by atoms with Crippen molar-refractivity contribution in [1.29, 1.82) is 10.5 Å². The largest absolute Gasteiger partial charge is 0.379 e. The molecular formula is C9H15N3O2. The van der Waals surface area contributed by atoms with Crippen LogP contribution in [-0.4, -0.2) is 5.21 Å². The maximum atomic E-state index is 8.69. The molecule has 0 aromatic rings. The molecule has 0 amide bonds. The molecule has 0 aromatic heterocycles. The third kappa shape index (κ3) is 8.48. The Balaban J connectivity index is 0. The minimum absolute atomic E-state index is 0.390. The van der Waals surface area contributed by atoms with Crippen LogP contribution in [0.5, 0.6) is 0 Å². The van der Waals surface area contributed by atoms with E-state index in [1.807, 2.05) is 27.7 Å². The van der Waals surface area contributed by atoms with Gasteiger partial charge in [-0.1, -0.05) is 0 Å². The highest BCUT2D eigenvalue weighted by atomic mass is 16.6. The highest BCUT2D eigenvalue weighted by Gasteiger charge is 2.28. The summed E-state index contributed by atoms with van der Waals surface area (Å²) in [5.74, 6) is 0. The minimum atomic E-state index is -0.390. The molecule has 0 atom stereocenters. The lowest BCUT2D eigenvalue weighted by molar-refractivity contribution is 0.311. The molecule has 0 heterocycles. The summed E-state index contributed by atoms with van der Waals surface area (Å²) in [5, 5.41) is 25.3. The quantitative estimate of drug-likeness (QED) is 0.543. The summed E-state index contributed by atoms with van der Waals surface area (Å²) in [6.45, 7) is 7.41. The molecule has 14 heavy (non-hydrogen) atoms. The summed E-state index contributed by atoms with van der Waals surface area (Å²) in [6.07, 6.45) is 0.618. The number of hydrogen-bond acceptors (Lipinski definition) is 4. The van der Waals surface area contributed by atoms with Gasteiger partial charge in [-0.05, 0) is 34.1 Å². The molecule has 5 nitrogen and oxygen atoms in total. The molecule has 0 aromatic carbocycles. The lowest BCUT2D eigenvalue weighted by atomic mass is 9.77. The van der Waals surface area contributed by atoms with Crippen LogP contribution in [0, 0.1) is 38.4 Å². The molecule has 0 aliphatic carbocycles. The van der Waals surface area contributed by atoms with Crippen LogP contribution in [0.1, 0.15) is 34.1 Å². The second kappa shape index (κ2) is 5.93. The van der Waals surface area contributed by atoms with Gasteiger partial charge in [0.05, 0.1) is 23.0 Å². The Morgan fingerprint density at radius 1 is 1.14 bits per heavy atom. The minimum Gasteiger partial charge on any atom is -0.379 e. The van der Waals surface area contributed by atoms with E-state index in [2.05, 4.69) is 12.1 Å². The zero-order valence-corrected chi connectivity index (χ0v) is 8.90. The van der Waals surface area contributed by atoms with Crippen molar-refractivity contribution in [2.45, 2.75) is 34.1 Å². The van der Waals surface area contributed by atoms with Crippen LogP contribution >= 0.6 is 0 Å². The molecule has 0 aliphatic heterocycles. The van der Waals surface area contributed by atoms with E-state index in [1.54, 1.807) is 0 Å². The van der Waals surface area contributed by atoms with E-state index in [4.69, 9.17) is 20.6 Å². The zero-order chi connectivity index (χ0) is 11.8. The van der Waals surface area contributed by atoms with Gasteiger partial charge in [0.1, 0.15) is 0 Å². The van der Waals surface area contributed by atoms with E-state index in [-0.39, 0.29) is 10.8 Å². The average Bonchev–Trinajstić information content (AvgIpc) is 2.04. The Morgan fingerprint density at radius 2 is 1.36 bits per heavy atom. The molecule has 0 spiro atoms. The van der Waals surface area contributed by atoms with Gasteiger partial charge in [0.2, 0.25) is 0 Å². The van der Waals surface area contributed by atoms with Crippen LogP contribution in [0.25, 0.3) is 0 Å². The molecule has 0 unspecified atom stereocenters. The SMILES string of the molecule is CC(C)(C#N)CC(C)(C)C#N.O=NO. The second-order valence-electron chi connectivity index (χ2n) is 4.25. The first-order valence-corrected chi connectivity index (χ1v) is 4.04. The van der Waals surface area contributed by atoms with E-state index < -0.39 is 0 Å². The smallest absolute Gasteiger partial charge is 0.152 e. The predicted octanol–water partition coefficient (Wildman–Crippen LogP) is 2.62. The summed E-state index contributed by atoms with van der Waals surface area (Å²) in [6, 6.07) is 4.36. The van der Waals surface area contributed by atoms with Crippen molar-refractivity contribution in [3.05, 3.63) is 4.91 Å². The fourth-order valence-electron chi connectivity index (χ4n) is 1.18. The van der Waals surface area contributed by atoms with Crippen LogP contribution in [0.15, 0.2) is 5.34 Å². The van der Waals surface area contributed by atoms with Crippen LogP contribution in [-0.2, 0) is 0 Å². The number of hydrogen-bond donors (Lipinski definition) is 1. The molecule has 0 fully saturated rings. The van der Waals surface area contributed by atoms with Gasteiger partial charge in [0.25, 0.3) is 0 Å². The van der Waals surface area contributed by atoms with Crippen molar-refractivity contribution in [1.82, 2.24) is 0 Å². The molecule has 0 bridgehead atoms. The van der Waals surface area contributed by atoms with Crippen molar-refractivity contribution in [3.8, 4) is 12.1 Å². The van der Waals surface area contributed by atoms with Crippen molar-refractivity contribution in [2.75, 3.05) is 0 Å². The van der Waals surface area contributed by atoms with E-state index in [9.17, 15) is 0 Å². The summed E-state index contributed by atoms with van der Waals surface area (Å²) < 4.78 is 0. The van der Waals surface area contributed by atoms with Gasteiger partial charge in [0.15, 0.2) is 5.34 Å². The van der Waals surface area contributed by atoms with Gasteiger partial charge in [0, 0.05) is 0 Å². The molecule has 0 aliphatic rings. The molecule has 0 saturated carbocycles. The number of nitriles is 2. The van der Waals surface area contributed by atoms with E-state index >= 15 is 0 Å². The van der Waals surface area contributed by atoms with Gasteiger partial charge in [-0.15, -0.1) is 4.91 Å². The highest BCUT2D eigenvalue weighted by Crippen LogP contribution is 2.31. The summed E-state index contributed by atoms with van der Waals surface area (Å²) >= 11 is 0.